The molecule has 0 heterocycles. The molecule has 2 rings (SSSR count). The number of esters is 1. The second-order valence-electron chi connectivity index (χ2n) is 5.44. The van der Waals surface area contributed by atoms with Crippen molar-refractivity contribution in [3.05, 3.63) is 27.7 Å². The van der Waals surface area contributed by atoms with E-state index in [0.29, 0.717) is 41.4 Å². The van der Waals surface area contributed by atoms with Crippen LogP contribution in [0.4, 0.5) is 5.69 Å². The van der Waals surface area contributed by atoms with E-state index in [0.717, 1.165) is 5.56 Å². The first-order valence-corrected chi connectivity index (χ1v) is 7.92. The van der Waals surface area contributed by atoms with Gasteiger partial charge in [-0.05, 0) is 53.4 Å². The summed E-state index contributed by atoms with van der Waals surface area (Å²) in [6.07, 6.45) is 2.10. The first-order chi connectivity index (χ1) is 10.4. The lowest BCUT2D eigenvalue weighted by Gasteiger charge is -2.21. The van der Waals surface area contributed by atoms with Gasteiger partial charge in [-0.2, -0.15) is 0 Å². The van der Waals surface area contributed by atoms with Crippen LogP contribution >= 0.6 is 15.9 Å². The Kier molecular flexibility index (Phi) is 5.34. The lowest BCUT2D eigenvalue weighted by Crippen LogP contribution is -2.27. The maximum absolute atomic E-state index is 12.3. The second-order valence-corrected chi connectivity index (χ2v) is 6.30. The van der Waals surface area contributed by atoms with Crippen LogP contribution in [0.3, 0.4) is 0 Å². The standard InChI is InChI=1S/C16H18BrNO4/c1-9-7-13(17)12(16(21)22-2)8-14(9)18-15(20)10-3-5-11(19)6-4-10/h7-8,10H,3-6H2,1-2H3,(H,18,20). The van der Waals surface area contributed by atoms with Gasteiger partial charge in [-0.3, -0.25) is 9.59 Å². The summed E-state index contributed by atoms with van der Waals surface area (Å²) in [4.78, 5) is 35.3. The molecule has 0 saturated heterocycles. The zero-order valence-corrected chi connectivity index (χ0v) is 14.2. The Morgan fingerprint density at radius 1 is 1.27 bits per heavy atom. The van der Waals surface area contributed by atoms with Crippen LogP contribution in [0.1, 0.15) is 41.6 Å². The van der Waals surface area contributed by atoms with Gasteiger partial charge >= 0.3 is 5.97 Å². The fourth-order valence-electron chi connectivity index (χ4n) is 2.51. The number of Topliss-reactive ketones (excluding diaryl/α,β-unsaturated/α-hetero) is 1. The Labute approximate surface area is 137 Å². The summed E-state index contributed by atoms with van der Waals surface area (Å²) in [5.41, 5.74) is 1.80. The number of hydrogen-bond donors (Lipinski definition) is 1. The number of amides is 1. The van der Waals surface area contributed by atoms with E-state index in [1.807, 2.05) is 6.92 Å². The van der Waals surface area contributed by atoms with Gasteiger partial charge in [0.2, 0.25) is 5.91 Å². The molecule has 1 aromatic carbocycles. The SMILES string of the molecule is COC(=O)c1cc(NC(=O)C2CCC(=O)CC2)c(C)cc1Br. The van der Waals surface area contributed by atoms with E-state index in [-0.39, 0.29) is 17.6 Å². The van der Waals surface area contributed by atoms with E-state index in [1.54, 1.807) is 12.1 Å². The molecule has 0 unspecified atom stereocenters. The van der Waals surface area contributed by atoms with Gasteiger partial charge in [-0.25, -0.2) is 4.79 Å². The zero-order chi connectivity index (χ0) is 16.3. The summed E-state index contributed by atoms with van der Waals surface area (Å²) in [6.45, 7) is 1.85. The van der Waals surface area contributed by atoms with Crippen LogP contribution in [0.25, 0.3) is 0 Å². The molecule has 1 saturated carbocycles. The molecule has 1 aliphatic carbocycles. The summed E-state index contributed by atoms with van der Waals surface area (Å²) < 4.78 is 5.35. The smallest absolute Gasteiger partial charge is 0.339 e. The molecule has 0 atom stereocenters. The third-order valence-electron chi connectivity index (χ3n) is 3.89. The number of anilines is 1. The highest BCUT2D eigenvalue weighted by molar-refractivity contribution is 9.10. The van der Waals surface area contributed by atoms with E-state index < -0.39 is 5.97 Å². The normalized spacial score (nSPS) is 15.5. The molecule has 1 fully saturated rings. The molecular weight excluding hydrogens is 350 g/mol. The predicted molar refractivity (Wildman–Crippen MR) is 85.8 cm³/mol. The van der Waals surface area contributed by atoms with Crippen LogP contribution in [0.2, 0.25) is 0 Å². The van der Waals surface area contributed by atoms with Gasteiger partial charge < -0.3 is 10.1 Å². The highest BCUT2D eigenvalue weighted by atomic mass is 79.9. The number of halogens is 1. The zero-order valence-electron chi connectivity index (χ0n) is 12.6. The lowest BCUT2D eigenvalue weighted by molar-refractivity contribution is -0.125. The van der Waals surface area contributed by atoms with Crippen molar-refractivity contribution in [3.8, 4) is 0 Å². The summed E-state index contributed by atoms with van der Waals surface area (Å²) in [5, 5.41) is 2.86. The third-order valence-corrected chi connectivity index (χ3v) is 4.55. The number of methoxy groups -OCH3 is 1. The van der Waals surface area contributed by atoms with Crippen LogP contribution in [0, 0.1) is 12.8 Å². The molecule has 0 radical (unpaired) electrons. The first kappa shape index (κ1) is 16.7. The quantitative estimate of drug-likeness (QED) is 0.832. The summed E-state index contributed by atoms with van der Waals surface area (Å²) in [5.74, 6) is -0.501. The van der Waals surface area contributed by atoms with Crippen LogP contribution in [-0.2, 0) is 14.3 Å². The first-order valence-electron chi connectivity index (χ1n) is 7.13. The van der Waals surface area contributed by atoms with E-state index in [1.165, 1.54) is 7.11 Å². The fourth-order valence-corrected chi connectivity index (χ4v) is 3.13. The van der Waals surface area contributed by atoms with Gasteiger partial charge in [0.25, 0.3) is 0 Å². The number of nitrogens with one attached hydrogen (secondary N) is 1. The van der Waals surface area contributed by atoms with Crippen molar-refractivity contribution in [2.24, 2.45) is 5.92 Å². The number of benzene rings is 1. The molecule has 0 aliphatic heterocycles. The number of rotatable bonds is 3. The van der Waals surface area contributed by atoms with Gasteiger partial charge in [0.1, 0.15) is 5.78 Å². The molecule has 118 valence electrons. The topological polar surface area (TPSA) is 72.5 Å². The number of carbonyl (C=O) groups is 3. The molecular formula is C16H18BrNO4. The summed E-state index contributed by atoms with van der Waals surface area (Å²) in [6, 6.07) is 3.38. The van der Waals surface area contributed by atoms with Crippen LogP contribution < -0.4 is 5.32 Å². The fraction of sp³-hybridized carbons (Fsp3) is 0.438. The van der Waals surface area contributed by atoms with Crippen LogP contribution in [0.15, 0.2) is 16.6 Å². The number of hydrogen-bond acceptors (Lipinski definition) is 4. The average molecular weight is 368 g/mol. The van der Waals surface area contributed by atoms with Gasteiger partial charge in [0.15, 0.2) is 0 Å². The molecule has 0 spiro atoms. The van der Waals surface area contributed by atoms with Crippen LogP contribution in [-0.4, -0.2) is 24.8 Å². The van der Waals surface area contributed by atoms with Crippen molar-refractivity contribution in [1.82, 2.24) is 0 Å². The Balaban J connectivity index is 2.16. The molecule has 1 aliphatic rings. The van der Waals surface area contributed by atoms with Crippen molar-refractivity contribution < 1.29 is 19.1 Å². The highest BCUT2D eigenvalue weighted by Gasteiger charge is 2.25. The van der Waals surface area contributed by atoms with E-state index >= 15 is 0 Å². The van der Waals surface area contributed by atoms with E-state index in [2.05, 4.69) is 21.2 Å². The minimum atomic E-state index is -0.467. The Morgan fingerprint density at radius 2 is 1.91 bits per heavy atom. The molecule has 0 aromatic heterocycles. The number of ketones is 1. The Bertz CT molecular complexity index is 617. The van der Waals surface area contributed by atoms with E-state index in [9.17, 15) is 14.4 Å². The molecule has 1 N–H and O–H groups in total. The largest absolute Gasteiger partial charge is 0.465 e. The monoisotopic (exact) mass is 367 g/mol. The summed E-state index contributed by atoms with van der Waals surface area (Å²) >= 11 is 3.32. The molecule has 5 nitrogen and oxygen atoms in total. The lowest BCUT2D eigenvalue weighted by atomic mass is 9.88. The van der Waals surface area contributed by atoms with Crippen molar-refractivity contribution in [3.63, 3.8) is 0 Å². The third kappa shape index (κ3) is 3.74. The van der Waals surface area contributed by atoms with Crippen molar-refractivity contribution in [1.29, 1.82) is 0 Å². The van der Waals surface area contributed by atoms with Crippen molar-refractivity contribution in [2.75, 3.05) is 12.4 Å². The minimum absolute atomic E-state index is 0.103. The highest BCUT2D eigenvalue weighted by Crippen LogP contribution is 2.28. The Morgan fingerprint density at radius 3 is 2.50 bits per heavy atom. The predicted octanol–water partition coefficient (Wildman–Crippen LogP) is 3.24. The van der Waals surface area contributed by atoms with Gasteiger partial charge in [-0.15, -0.1) is 0 Å². The van der Waals surface area contributed by atoms with Crippen LogP contribution in [0.5, 0.6) is 0 Å². The van der Waals surface area contributed by atoms with Crippen molar-refractivity contribution in [2.45, 2.75) is 32.6 Å². The molecule has 6 heteroatoms. The minimum Gasteiger partial charge on any atom is -0.465 e. The molecule has 1 amide bonds. The number of ether oxygens (including phenoxy) is 1. The molecule has 0 bridgehead atoms. The van der Waals surface area contributed by atoms with Gasteiger partial charge in [0, 0.05) is 28.9 Å². The molecule has 22 heavy (non-hydrogen) atoms. The number of aryl methyl sites for hydroxylation is 1. The second kappa shape index (κ2) is 7.05. The van der Waals surface area contributed by atoms with E-state index in [4.69, 9.17) is 4.74 Å². The van der Waals surface area contributed by atoms with Crippen molar-refractivity contribution >= 4 is 39.3 Å². The Hall–Kier alpha value is -1.69. The van der Waals surface area contributed by atoms with Gasteiger partial charge in [0.05, 0.1) is 12.7 Å². The number of carbonyl (C=O) groups excluding carboxylic acids is 3. The van der Waals surface area contributed by atoms with Gasteiger partial charge in [-0.1, -0.05) is 0 Å². The average Bonchev–Trinajstić information content (AvgIpc) is 2.49. The molecule has 1 aromatic rings. The summed E-state index contributed by atoms with van der Waals surface area (Å²) in [7, 11) is 1.31. The maximum atomic E-state index is 12.3. The maximum Gasteiger partial charge on any atom is 0.339 e.